The van der Waals surface area contributed by atoms with Crippen LogP contribution < -0.4 is 19.9 Å². The topological polar surface area (TPSA) is 99.1 Å². The number of hydrogen-bond donors (Lipinski definition) is 1. The highest BCUT2D eigenvalue weighted by Crippen LogP contribution is 2.42. The first-order chi connectivity index (χ1) is 19.8. The average Bonchev–Trinajstić information content (AvgIpc) is 3.89. The predicted molar refractivity (Wildman–Crippen MR) is 166 cm³/mol. The van der Waals surface area contributed by atoms with Crippen molar-refractivity contribution in [2.75, 3.05) is 26.9 Å². The molecule has 41 heavy (non-hydrogen) atoms. The van der Waals surface area contributed by atoms with Crippen LogP contribution in [0, 0.1) is 30.1 Å². The van der Waals surface area contributed by atoms with Crippen LogP contribution in [0.1, 0.15) is 47.9 Å². The molecule has 9 heteroatoms. The van der Waals surface area contributed by atoms with E-state index in [9.17, 15) is 0 Å². The molecule has 0 amide bonds. The van der Waals surface area contributed by atoms with Crippen molar-refractivity contribution in [3.8, 4) is 23.3 Å². The molecule has 0 saturated heterocycles. The molecule has 0 bridgehead atoms. The molecule has 1 atom stereocenters. The summed E-state index contributed by atoms with van der Waals surface area (Å²) in [4.78, 5) is 4.70. The summed E-state index contributed by atoms with van der Waals surface area (Å²) < 4.78 is 24.4. The van der Waals surface area contributed by atoms with Gasteiger partial charge in [0, 0.05) is 8.95 Å². The lowest BCUT2D eigenvalue weighted by Gasteiger charge is -2.27. The Kier molecular flexibility index (Phi) is 9.10. The van der Waals surface area contributed by atoms with Gasteiger partial charge in [0.2, 0.25) is 0 Å². The molecule has 1 unspecified atom stereocenters. The molecule has 3 aromatic carbocycles. The molecule has 1 heterocycles. The van der Waals surface area contributed by atoms with Crippen LogP contribution in [0.4, 0.5) is 0 Å². The van der Waals surface area contributed by atoms with Gasteiger partial charge in [0.25, 0.3) is 6.02 Å². The smallest absolute Gasteiger partial charge is 0.283 e. The van der Waals surface area contributed by atoms with Gasteiger partial charge in [-0.15, -0.1) is 0 Å². The second-order valence-corrected chi connectivity index (χ2v) is 12.6. The molecule has 2 fully saturated rings. The monoisotopic (exact) mass is 681 g/mol. The Morgan fingerprint density at radius 3 is 2.10 bits per heavy atom. The van der Waals surface area contributed by atoms with Gasteiger partial charge < -0.3 is 24.7 Å². The first kappa shape index (κ1) is 29.3. The van der Waals surface area contributed by atoms with Crippen LogP contribution in [0.5, 0.6) is 17.2 Å². The van der Waals surface area contributed by atoms with Crippen molar-refractivity contribution in [1.82, 2.24) is 0 Å². The average molecular weight is 683 g/mol. The van der Waals surface area contributed by atoms with Gasteiger partial charge in [0.1, 0.15) is 23.9 Å². The predicted octanol–water partition coefficient (Wildman–Crippen LogP) is 7.25. The minimum atomic E-state index is -0.706. The van der Waals surface area contributed by atoms with Gasteiger partial charge >= 0.3 is 0 Å². The van der Waals surface area contributed by atoms with Crippen molar-refractivity contribution >= 4 is 37.9 Å². The number of hydrogen-bond acceptors (Lipinski definition) is 7. The van der Waals surface area contributed by atoms with Crippen molar-refractivity contribution in [2.45, 2.75) is 38.1 Å². The lowest BCUT2D eigenvalue weighted by molar-refractivity contribution is 0.276. The Balaban J connectivity index is 0.000000202. The maximum atomic E-state index is 8.75. The zero-order valence-electron chi connectivity index (χ0n) is 23.2. The Morgan fingerprint density at radius 2 is 1.56 bits per heavy atom. The zero-order valence-corrected chi connectivity index (χ0v) is 26.3. The van der Waals surface area contributed by atoms with Gasteiger partial charge in [-0.3, -0.25) is 0 Å². The Morgan fingerprint density at radius 1 is 0.927 bits per heavy atom. The van der Waals surface area contributed by atoms with Gasteiger partial charge in [0.15, 0.2) is 5.54 Å². The van der Waals surface area contributed by atoms with E-state index >= 15 is 0 Å². The molecule has 0 radical (unpaired) electrons. The van der Waals surface area contributed by atoms with Crippen molar-refractivity contribution in [3.05, 3.63) is 85.8 Å². The molecule has 2 saturated carbocycles. The molecular weight excluding hydrogens is 650 g/mol. The summed E-state index contributed by atoms with van der Waals surface area (Å²) in [6.07, 6.45) is 5.06. The SMILES string of the molecule is COc1ccc(C2(c3cc(Br)cc(OCC4CC4)c3)COC(N)=N2)cc1C.N#Cc1cc(Br)cc(OCC2CC2)c1. The minimum absolute atomic E-state index is 0.198. The Hall–Kier alpha value is -3.22. The summed E-state index contributed by atoms with van der Waals surface area (Å²) >= 11 is 6.96. The molecule has 1 aliphatic heterocycles. The van der Waals surface area contributed by atoms with Crippen molar-refractivity contribution in [2.24, 2.45) is 22.6 Å². The third-order valence-electron chi connectivity index (χ3n) is 7.32. The van der Waals surface area contributed by atoms with E-state index in [2.05, 4.69) is 50.1 Å². The first-order valence-corrected chi connectivity index (χ1v) is 15.3. The van der Waals surface area contributed by atoms with Crippen LogP contribution in [0.3, 0.4) is 0 Å². The summed E-state index contributed by atoms with van der Waals surface area (Å²) in [6.45, 7) is 3.90. The van der Waals surface area contributed by atoms with E-state index in [4.69, 9.17) is 34.9 Å². The van der Waals surface area contributed by atoms with E-state index in [-0.39, 0.29) is 6.02 Å². The third-order valence-corrected chi connectivity index (χ3v) is 8.23. The molecular formula is C32H33Br2N3O4. The Bertz CT molecular complexity index is 1480. The van der Waals surface area contributed by atoms with E-state index in [0.717, 1.165) is 62.0 Å². The van der Waals surface area contributed by atoms with Crippen LogP contribution >= 0.6 is 31.9 Å². The van der Waals surface area contributed by atoms with Crippen LogP contribution in [0.15, 0.2) is 68.5 Å². The third kappa shape index (κ3) is 7.55. The van der Waals surface area contributed by atoms with Gasteiger partial charge in [-0.05, 0) is 110 Å². The zero-order chi connectivity index (χ0) is 29.0. The van der Waals surface area contributed by atoms with E-state index in [1.54, 1.807) is 19.2 Å². The normalized spacial score (nSPS) is 19.2. The first-order valence-electron chi connectivity index (χ1n) is 13.7. The summed E-state index contributed by atoms with van der Waals surface area (Å²) in [5.74, 6) is 3.88. The van der Waals surface area contributed by atoms with Crippen molar-refractivity contribution in [3.63, 3.8) is 0 Å². The maximum absolute atomic E-state index is 8.75. The number of aliphatic imine (C=N–C) groups is 1. The molecule has 2 N–H and O–H groups in total. The van der Waals surface area contributed by atoms with Gasteiger partial charge in [-0.25, -0.2) is 4.99 Å². The fourth-order valence-electron chi connectivity index (χ4n) is 4.62. The van der Waals surface area contributed by atoms with Crippen LogP contribution in [0.2, 0.25) is 0 Å². The van der Waals surface area contributed by atoms with E-state index < -0.39 is 5.54 Å². The number of aryl methyl sites for hydroxylation is 1. The standard InChI is InChI=1S/C21H23BrN2O3.C11H10BrNO/c1-13-7-15(5-6-19(13)25-2)21(12-27-20(23)24-21)16-8-17(22)10-18(9-16)26-11-14-3-4-14;12-10-3-9(6-13)4-11(5-10)14-7-8-1-2-8/h5-10,14H,3-4,11-12H2,1-2H3,(H2,23,24);3-5,8H,1-2,7H2. The molecule has 3 aromatic rings. The number of benzene rings is 3. The second-order valence-electron chi connectivity index (χ2n) is 10.8. The largest absolute Gasteiger partial charge is 0.496 e. The lowest BCUT2D eigenvalue weighted by atomic mass is 9.83. The fourth-order valence-corrected chi connectivity index (χ4v) is 5.57. The number of amidine groups is 1. The minimum Gasteiger partial charge on any atom is -0.496 e. The van der Waals surface area contributed by atoms with Crippen molar-refractivity contribution in [1.29, 1.82) is 5.26 Å². The number of halogens is 2. The summed E-state index contributed by atoms with van der Waals surface area (Å²) in [6, 6.07) is 19.9. The molecule has 7 nitrogen and oxygen atoms in total. The maximum Gasteiger partial charge on any atom is 0.283 e. The molecule has 3 aliphatic rings. The highest BCUT2D eigenvalue weighted by atomic mass is 79.9. The highest BCUT2D eigenvalue weighted by Gasteiger charge is 2.41. The van der Waals surface area contributed by atoms with Gasteiger partial charge in [-0.2, -0.15) is 5.26 Å². The van der Waals surface area contributed by atoms with Crippen molar-refractivity contribution < 1.29 is 18.9 Å². The van der Waals surface area contributed by atoms with Gasteiger partial charge in [0.05, 0.1) is 32.0 Å². The molecule has 6 rings (SSSR count). The summed E-state index contributed by atoms with van der Waals surface area (Å²) in [5.41, 5.74) is 8.87. The number of nitriles is 1. The van der Waals surface area contributed by atoms with E-state index in [1.165, 1.54) is 25.7 Å². The number of ether oxygens (including phenoxy) is 4. The molecule has 0 aromatic heterocycles. The van der Waals surface area contributed by atoms with Crippen LogP contribution in [-0.2, 0) is 10.3 Å². The van der Waals surface area contributed by atoms with Crippen LogP contribution in [0.25, 0.3) is 0 Å². The lowest BCUT2D eigenvalue weighted by Crippen LogP contribution is -2.27. The van der Waals surface area contributed by atoms with E-state index in [0.29, 0.717) is 18.1 Å². The summed E-state index contributed by atoms with van der Waals surface area (Å²) in [7, 11) is 1.67. The van der Waals surface area contributed by atoms with Crippen LogP contribution in [-0.4, -0.2) is 33.0 Å². The second kappa shape index (κ2) is 12.7. The molecule has 214 valence electrons. The quantitative estimate of drug-likeness (QED) is 0.255. The van der Waals surface area contributed by atoms with Gasteiger partial charge in [-0.1, -0.05) is 37.9 Å². The number of nitrogens with two attached hydrogens (primary N) is 1. The highest BCUT2D eigenvalue weighted by molar-refractivity contribution is 9.10. The fraction of sp³-hybridized carbons (Fsp3) is 0.375. The van der Waals surface area contributed by atoms with E-state index in [1.807, 2.05) is 37.3 Å². The Labute approximate surface area is 257 Å². The molecule has 0 spiro atoms. The number of rotatable bonds is 9. The number of nitrogens with zero attached hydrogens (tertiary/aromatic N) is 2. The number of methoxy groups -OCH3 is 1. The summed E-state index contributed by atoms with van der Waals surface area (Å²) in [5, 5.41) is 8.75. The molecule has 2 aliphatic carbocycles.